The van der Waals surface area contributed by atoms with E-state index in [9.17, 15) is 14.4 Å². The van der Waals surface area contributed by atoms with Crippen molar-refractivity contribution in [2.45, 2.75) is 32.7 Å². The summed E-state index contributed by atoms with van der Waals surface area (Å²) in [5.41, 5.74) is 1.03. The Kier molecular flexibility index (Phi) is 5.53. The van der Waals surface area contributed by atoms with Crippen LogP contribution in [-0.4, -0.2) is 35.2 Å². The molecule has 1 aliphatic heterocycles. The van der Waals surface area contributed by atoms with Crippen molar-refractivity contribution in [1.82, 2.24) is 4.90 Å². The van der Waals surface area contributed by atoms with Crippen LogP contribution in [0.25, 0.3) is 0 Å². The minimum Gasteiger partial charge on any atom is -0.339 e. The van der Waals surface area contributed by atoms with E-state index in [1.807, 2.05) is 13.8 Å². The zero-order chi connectivity index (χ0) is 17.7. The van der Waals surface area contributed by atoms with Crippen LogP contribution in [0.3, 0.4) is 0 Å². The Morgan fingerprint density at radius 1 is 1.33 bits per heavy atom. The lowest BCUT2D eigenvalue weighted by Crippen LogP contribution is -2.33. The van der Waals surface area contributed by atoms with Gasteiger partial charge in [-0.1, -0.05) is 6.07 Å². The molecular weight excluding hydrogens is 308 g/mol. The SMILES string of the molecule is CC(C)N1CC(C(=O)Nc2cccc(NC(=O)CC#N)c2)CC1=O. The number of hydrogen-bond donors (Lipinski definition) is 2. The molecule has 2 N–H and O–H groups in total. The summed E-state index contributed by atoms with van der Waals surface area (Å²) in [5, 5.41) is 13.8. The average Bonchev–Trinajstić information content (AvgIpc) is 2.90. The van der Waals surface area contributed by atoms with E-state index in [-0.39, 0.29) is 36.6 Å². The smallest absolute Gasteiger partial charge is 0.238 e. The minimum atomic E-state index is -0.407. The van der Waals surface area contributed by atoms with Crippen molar-refractivity contribution in [2.24, 2.45) is 5.92 Å². The Balaban J connectivity index is 1.99. The summed E-state index contributed by atoms with van der Waals surface area (Å²) in [5.74, 6) is -1.01. The molecule has 1 heterocycles. The number of nitriles is 1. The molecule has 0 saturated carbocycles. The largest absolute Gasteiger partial charge is 0.339 e. The summed E-state index contributed by atoms with van der Waals surface area (Å²) < 4.78 is 0. The zero-order valence-corrected chi connectivity index (χ0v) is 13.7. The van der Waals surface area contributed by atoms with Crippen molar-refractivity contribution in [1.29, 1.82) is 5.26 Å². The van der Waals surface area contributed by atoms with E-state index in [1.54, 1.807) is 35.2 Å². The van der Waals surface area contributed by atoms with E-state index in [1.165, 1.54) is 0 Å². The van der Waals surface area contributed by atoms with Gasteiger partial charge >= 0.3 is 0 Å². The van der Waals surface area contributed by atoms with Crippen LogP contribution in [0, 0.1) is 17.2 Å². The molecule has 1 aromatic carbocycles. The lowest BCUT2D eigenvalue weighted by Gasteiger charge is -2.20. The third-order valence-electron chi connectivity index (χ3n) is 3.81. The Morgan fingerprint density at radius 3 is 2.58 bits per heavy atom. The molecule has 0 radical (unpaired) electrons. The molecule has 3 amide bonds. The fourth-order valence-electron chi connectivity index (χ4n) is 2.60. The predicted molar refractivity (Wildman–Crippen MR) is 88.9 cm³/mol. The van der Waals surface area contributed by atoms with Gasteiger partial charge in [0.2, 0.25) is 17.7 Å². The number of nitrogens with zero attached hydrogens (tertiary/aromatic N) is 2. The number of anilines is 2. The first-order valence-corrected chi connectivity index (χ1v) is 7.78. The van der Waals surface area contributed by atoms with E-state index in [2.05, 4.69) is 10.6 Å². The van der Waals surface area contributed by atoms with Gasteiger partial charge in [0.05, 0.1) is 12.0 Å². The fraction of sp³-hybridized carbons (Fsp3) is 0.412. The average molecular weight is 328 g/mol. The maximum Gasteiger partial charge on any atom is 0.238 e. The number of likely N-dealkylation sites (tertiary alicyclic amines) is 1. The first-order chi connectivity index (χ1) is 11.4. The second-order valence-corrected chi connectivity index (χ2v) is 5.99. The standard InChI is InChI=1S/C17H20N4O3/c1-11(2)21-10-12(8-16(21)23)17(24)20-14-5-3-4-13(9-14)19-15(22)6-7-18/h3-5,9,11-12H,6,8,10H2,1-2H3,(H,19,22)(H,20,24). The molecular formula is C17H20N4O3. The third kappa shape index (κ3) is 4.32. The van der Waals surface area contributed by atoms with Crippen LogP contribution in [0.15, 0.2) is 24.3 Å². The molecule has 1 aromatic rings. The number of amides is 3. The molecule has 1 atom stereocenters. The van der Waals surface area contributed by atoms with Crippen LogP contribution in [0.2, 0.25) is 0 Å². The van der Waals surface area contributed by atoms with Crippen molar-refractivity contribution < 1.29 is 14.4 Å². The second kappa shape index (κ2) is 7.59. The summed E-state index contributed by atoms with van der Waals surface area (Å²) in [6.07, 6.45) is -0.0194. The van der Waals surface area contributed by atoms with E-state index >= 15 is 0 Å². The van der Waals surface area contributed by atoms with Gasteiger partial charge in [0, 0.05) is 30.4 Å². The van der Waals surface area contributed by atoms with E-state index in [0.29, 0.717) is 17.9 Å². The quantitative estimate of drug-likeness (QED) is 0.859. The van der Waals surface area contributed by atoms with Gasteiger partial charge in [-0.2, -0.15) is 5.26 Å². The number of benzene rings is 1. The number of rotatable bonds is 5. The van der Waals surface area contributed by atoms with E-state index in [4.69, 9.17) is 5.26 Å². The van der Waals surface area contributed by atoms with Crippen molar-refractivity contribution >= 4 is 29.1 Å². The maximum absolute atomic E-state index is 12.3. The molecule has 0 spiro atoms. The molecule has 1 aliphatic rings. The molecule has 1 fully saturated rings. The van der Waals surface area contributed by atoms with E-state index < -0.39 is 5.91 Å². The van der Waals surface area contributed by atoms with Gasteiger partial charge in [-0.25, -0.2) is 0 Å². The van der Waals surface area contributed by atoms with Crippen LogP contribution in [0.5, 0.6) is 0 Å². The topological polar surface area (TPSA) is 102 Å². The number of carbonyl (C=O) groups is 3. The fourth-order valence-corrected chi connectivity index (χ4v) is 2.60. The molecule has 2 rings (SSSR count). The van der Waals surface area contributed by atoms with Gasteiger partial charge in [-0.3, -0.25) is 14.4 Å². The Bertz CT molecular complexity index is 693. The van der Waals surface area contributed by atoms with Gasteiger partial charge in [0.1, 0.15) is 6.42 Å². The van der Waals surface area contributed by atoms with Crippen LogP contribution in [0.4, 0.5) is 11.4 Å². The molecule has 0 aliphatic carbocycles. The lowest BCUT2D eigenvalue weighted by atomic mass is 10.1. The van der Waals surface area contributed by atoms with Crippen molar-refractivity contribution in [2.75, 3.05) is 17.2 Å². The van der Waals surface area contributed by atoms with Gasteiger partial charge in [0.25, 0.3) is 0 Å². The van der Waals surface area contributed by atoms with Crippen LogP contribution >= 0.6 is 0 Å². The summed E-state index contributed by atoms with van der Waals surface area (Å²) in [6.45, 7) is 4.26. The zero-order valence-electron chi connectivity index (χ0n) is 13.7. The Hall–Kier alpha value is -2.88. The second-order valence-electron chi connectivity index (χ2n) is 5.99. The predicted octanol–water partition coefficient (Wildman–Crippen LogP) is 1.73. The van der Waals surface area contributed by atoms with Gasteiger partial charge < -0.3 is 15.5 Å². The van der Waals surface area contributed by atoms with Gasteiger partial charge in [0.15, 0.2) is 0 Å². The molecule has 7 nitrogen and oxygen atoms in total. The van der Waals surface area contributed by atoms with Crippen molar-refractivity contribution in [3.05, 3.63) is 24.3 Å². The molecule has 1 unspecified atom stereocenters. The highest BCUT2D eigenvalue weighted by Gasteiger charge is 2.35. The summed E-state index contributed by atoms with van der Waals surface area (Å²) in [4.78, 5) is 37.4. The van der Waals surface area contributed by atoms with Crippen LogP contribution in [-0.2, 0) is 14.4 Å². The highest BCUT2D eigenvalue weighted by atomic mass is 16.2. The monoisotopic (exact) mass is 328 g/mol. The normalized spacial score (nSPS) is 16.8. The van der Waals surface area contributed by atoms with Crippen LogP contribution < -0.4 is 10.6 Å². The summed E-state index contributed by atoms with van der Waals surface area (Å²) in [6, 6.07) is 8.53. The molecule has 7 heteroatoms. The number of carbonyl (C=O) groups excluding carboxylic acids is 3. The Labute approximate surface area is 140 Å². The van der Waals surface area contributed by atoms with E-state index in [0.717, 1.165) is 0 Å². The van der Waals surface area contributed by atoms with Crippen molar-refractivity contribution in [3.8, 4) is 6.07 Å². The number of hydrogen-bond acceptors (Lipinski definition) is 4. The Morgan fingerprint density at radius 2 is 2.00 bits per heavy atom. The minimum absolute atomic E-state index is 0.0114. The molecule has 0 bridgehead atoms. The lowest BCUT2D eigenvalue weighted by molar-refractivity contribution is -0.129. The van der Waals surface area contributed by atoms with Gasteiger partial charge in [-0.15, -0.1) is 0 Å². The highest BCUT2D eigenvalue weighted by Crippen LogP contribution is 2.22. The molecule has 24 heavy (non-hydrogen) atoms. The van der Waals surface area contributed by atoms with Crippen molar-refractivity contribution in [3.63, 3.8) is 0 Å². The molecule has 126 valence electrons. The highest BCUT2D eigenvalue weighted by molar-refractivity contribution is 5.98. The first-order valence-electron chi connectivity index (χ1n) is 7.78. The first kappa shape index (κ1) is 17.5. The van der Waals surface area contributed by atoms with Gasteiger partial charge in [-0.05, 0) is 32.0 Å². The third-order valence-corrected chi connectivity index (χ3v) is 3.81. The molecule has 0 aromatic heterocycles. The maximum atomic E-state index is 12.3. The summed E-state index contributed by atoms with van der Waals surface area (Å²) >= 11 is 0. The van der Waals surface area contributed by atoms with Crippen LogP contribution in [0.1, 0.15) is 26.7 Å². The summed E-state index contributed by atoms with van der Waals surface area (Å²) in [7, 11) is 0. The molecule has 1 saturated heterocycles. The number of nitrogens with one attached hydrogen (secondary N) is 2.